The third-order valence-electron chi connectivity index (χ3n) is 3.12. The molecule has 0 amide bonds. The van der Waals surface area contributed by atoms with Gasteiger partial charge in [0.05, 0.1) is 12.7 Å². The topological polar surface area (TPSA) is 64.2 Å². The van der Waals surface area contributed by atoms with Crippen LogP contribution in [0.2, 0.25) is 10.0 Å². The van der Waals surface area contributed by atoms with Gasteiger partial charge in [-0.05, 0) is 23.9 Å². The Labute approximate surface area is 167 Å². The first-order chi connectivity index (χ1) is 12.8. The van der Waals surface area contributed by atoms with Crippen LogP contribution in [0.5, 0.6) is 5.88 Å². The van der Waals surface area contributed by atoms with Gasteiger partial charge in [0.25, 0.3) is 0 Å². The summed E-state index contributed by atoms with van der Waals surface area (Å²) in [6.45, 7) is -0.688. The van der Waals surface area contributed by atoms with Gasteiger partial charge in [-0.3, -0.25) is 5.10 Å². The Hall–Kier alpha value is -1.79. The second kappa shape index (κ2) is 8.29. The molecule has 0 fully saturated rings. The van der Waals surface area contributed by atoms with Gasteiger partial charge in [-0.2, -0.15) is 26.3 Å². The van der Waals surface area contributed by atoms with E-state index >= 15 is 0 Å². The average molecular weight is 469 g/mol. The van der Waals surface area contributed by atoms with E-state index in [1.54, 1.807) is 0 Å². The van der Waals surface area contributed by atoms with Gasteiger partial charge >= 0.3 is 17.7 Å². The number of nitrogens with zero attached hydrogens (tertiary/aromatic N) is 1. The quantitative estimate of drug-likeness (QED) is 0.345. The van der Waals surface area contributed by atoms with E-state index in [1.807, 2.05) is 0 Å². The molecule has 1 heterocycles. The van der Waals surface area contributed by atoms with E-state index in [0.29, 0.717) is 12.1 Å². The predicted octanol–water partition coefficient (Wildman–Crippen LogP) is 5.71. The van der Waals surface area contributed by atoms with E-state index in [-0.39, 0.29) is 5.56 Å². The summed E-state index contributed by atoms with van der Waals surface area (Å²) < 4.78 is 85.6. The number of thioether (sulfide) groups is 1. The van der Waals surface area contributed by atoms with Crippen molar-refractivity contribution < 1.29 is 40.6 Å². The third-order valence-corrected chi connectivity index (χ3v) is 4.61. The highest BCUT2D eigenvalue weighted by Gasteiger charge is 2.36. The summed E-state index contributed by atoms with van der Waals surface area (Å²) in [4.78, 5) is 11.4. The Balaban J connectivity index is 2.23. The second-order valence-corrected chi connectivity index (χ2v) is 6.87. The monoisotopic (exact) mass is 468 g/mol. The molecule has 0 saturated carbocycles. The van der Waals surface area contributed by atoms with E-state index in [9.17, 15) is 31.1 Å². The van der Waals surface area contributed by atoms with Crippen LogP contribution >= 0.6 is 35.0 Å². The zero-order chi connectivity index (χ0) is 21.3. The maximum Gasteiger partial charge on any atom is 0.446 e. The fourth-order valence-corrected chi connectivity index (χ4v) is 3.19. The minimum absolute atomic E-state index is 0.152. The number of rotatable bonds is 5. The Morgan fingerprint density at radius 3 is 2.21 bits per heavy atom. The number of hydrogen-bond acceptors (Lipinski definition) is 5. The number of methoxy groups -OCH3 is 1. The van der Waals surface area contributed by atoms with Crippen molar-refractivity contribution in [2.75, 3.05) is 7.11 Å². The zero-order valence-electron chi connectivity index (χ0n) is 13.5. The third kappa shape index (κ3) is 5.39. The number of alkyl halides is 6. The van der Waals surface area contributed by atoms with Crippen LogP contribution in [0.4, 0.5) is 26.3 Å². The molecule has 0 aliphatic rings. The largest absolute Gasteiger partial charge is 0.479 e. The number of benzene rings is 1. The van der Waals surface area contributed by atoms with Crippen LogP contribution in [-0.4, -0.2) is 28.8 Å². The molecule has 0 aliphatic heterocycles. The van der Waals surface area contributed by atoms with E-state index in [2.05, 4.69) is 14.9 Å². The highest BCUT2D eigenvalue weighted by molar-refractivity contribution is 8.00. The molecule has 154 valence electrons. The predicted molar refractivity (Wildman–Crippen MR) is 87.6 cm³/mol. The molecule has 2 aromatic rings. The van der Waals surface area contributed by atoms with E-state index in [1.165, 1.54) is 0 Å². The lowest BCUT2D eigenvalue weighted by molar-refractivity contribution is -0.137. The molecule has 14 heteroatoms. The lowest BCUT2D eigenvalue weighted by Crippen LogP contribution is -2.10. The van der Waals surface area contributed by atoms with Gasteiger partial charge < -0.3 is 9.47 Å². The molecule has 0 saturated heterocycles. The minimum Gasteiger partial charge on any atom is -0.479 e. The van der Waals surface area contributed by atoms with Gasteiger partial charge in [0, 0.05) is 15.6 Å². The molecular weight excluding hydrogens is 461 g/mol. The molecular formula is C14H8Cl2F6N2O3S. The molecule has 1 N–H and O–H groups in total. The van der Waals surface area contributed by atoms with Gasteiger partial charge in [0.2, 0.25) is 5.88 Å². The zero-order valence-corrected chi connectivity index (χ0v) is 15.8. The first-order valence-corrected chi connectivity index (χ1v) is 8.51. The van der Waals surface area contributed by atoms with Gasteiger partial charge in [-0.15, -0.1) is 5.10 Å². The van der Waals surface area contributed by atoms with Crippen molar-refractivity contribution >= 4 is 40.9 Å². The summed E-state index contributed by atoms with van der Waals surface area (Å²) in [6.07, 6.45) is -4.70. The van der Waals surface area contributed by atoms with Crippen LogP contribution in [0.1, 0.15) is 21.6 Å². The molecule has 5 nitrogen and oxygen atoms in total. The standard InChI is InChI=1S/C14H8Cl2F6N2O3S/c1-26-11-10(28-14(20,21)22)9(23-24-11)12(25)27-4-6-7(15)2-5(3-8(6)16)13(17,18)19/h2-3H,4H2,1H3,(H,23,24). The fourth-order valence-electron chi connectivity index (χ4n) is 1.92. The number of esters is 1. The molecule has 0 atom stereocenters. The maximum atomic E-state index is 12.7. The second-order valence-electron chi connectivity index (χ2n) is 4.98. The maximum absolute atomic E-state index is 12.7. The van der Waals surface area contributed by atoms with E-state index in [4.69, 9.17) is 27.9 Å². The van der Waals surface area contributed by atoms with Crippen molar-refractivity contribution in [3.63, 3.8) is 0 Å². The highest BCUT2D eigenvalue weighted by atomic mass is 35.5. The van der Waals surface area contributed by atoms with Crippen molar-refractivity contribution in [2.24, 2.45) is 0 Å². The normalized spacial score (nSPS) is 12.2. The Morgan fingerprint density at radius 2 is 1.75 bits per heavy atom. The molecule has 2 rings (SSSR count). The van der Waals surface area contributed by atoms with Gasteiger partial charge in [0.15, 0.2) is 5.69 Å². The molecule has 0 aliphatic carbocycles. The summed E-state index contributed by atoms with van der Waals surface area (Å²) in [5.41, 5.74) is -6.66. The molecule has 0 radical (unpaired) electrons. The van der Waals surface area contributed by atoms with Crippen LogP contribution in [0.25, 0.3) is 0 Å². The number of carbonyl (C=O) groups is 1. The van der Waals surface area contributed by atoms with Crippen LogP contribution in [0.3, 0.4) is 0 Å². The number of nitrogens with one attached hydrogen (secondary N) is 1. The number of carbonyl (C=O) groups excluding carboxylic acids is 1. The molecule has 0 unspecified atom stereocenters. The first-order valence-electron chi connectivity index (χ1n) is 6.93. The van der Waals surface area contributed by atoms with Crippen LogP contribution in [-0.2, 0) is 17.5 Å². The Kier molecular flexibility index (Phi) is 6.66. The first kappa shape index (κ1) is 22.5. The molecule has 1 aromatic heterocycles. The number of aromatic nitrogens is 2. The van der Waals surface area contributed by atoms with Gasteiger partial charge in [0.1, 0.15) is 11.5 Å². The summed E-state index contributed by atoms with van der Waals surface area (Å²) in [5, 5.41) is 4.62. The van der Waals surface area contributed by atoms with E-state index in [0.717, 1.165) is 7.11 Å². The summed E-state index contributed by atoms with van der Waals surface area (Å²) in [7, 11) is 1.05. The molecule has 0 bridgehead atoms. The molecule has 28 heavy (non-hydrogen) atoms. The number of hydrogen-bond donors (Lipinski definition) is 1. The summed E-state index contributed by atoms with van der Waals surface area (Å²) in [5.74, 6) is -1.76. The summed E-state index contributed by atoms with van der Waals surface area (Å²) >= 11 is 10.8. The van der Waals surface area contributed by atoms with Crippen molar-refractivity contribution in [1.82, 2.24) is 10.2 Å². The Bertz CT molecular complexity index is 862. The van der Waals surface area contributed by atoms with Crippen LogP contribution < -0.4 is 4.74 Å². The van der Waals surface area contributed by atoms with Crippen LogP contribution in [0.15, 0.2) is 17.0 Å². The molecule has 1 aromatic carbocycles. The number of halogens is 8. The highest BCUT2D eigenvalue weighted by Crippen LogP contribution is 2.42. The van der Waals surface area contributed by atoms with Crippen molar-refractivity contribution in [2.45, 2.75) is 23.2 Å². The van der Waals surface area contributed by atoms with Crippen molar-refractivity contribution in [3.8, 4) is 5.88 Å². The van der Waals surface area contributed by atoms with Gasteiger partial charge in [-0.25, -0.2) is 4.79 Å². The van der Waals surface area contributed by atoms with Crippen molar-refractivity contribution in [1.29, 1.82) is 0 Å². The minimum atomic E-state index is -4.74. The van der Waals surface area contributed by atoms with E-state index < -0.39 is 68.1 Å². The lowest BCUT2D eigenvalue weighted by Gasteiger charge is -2.13. The van der Waals surface area contributed by atoms with Gasteiger partial charge in [-0.1, -0.05) is 23.2 Å². The summed E-state index contributed by atoms with van der Waals surface area (Å²) in [6, 6.07) is 1.17. The fraction of sp³-hybridized carbons (Fsp3) is 0.286. The SMILES string of the molecule is COc1n[nH]c(C(=O)OCc2c(Cl)cc(C(F)(F)F)cc2Cl)c1SC(F)(F)F. The lowest BCUT2D eigenvalue weighted by atomic mass is 10.1. The smallest absolute Gasteiger partial charge is 0.446 e. The molecule has 0 spiro atoms. The Morgan fingerprint density at radius 1 is 1.18 bits per heavy atom. The number of ether oxygens (including phenoxy) is 2. The average Bonchev–Trinajstić information content (AvgIpc) is 2.93. The number of H-pyrrole nitrogens is 1. The van der Waals surface area contributed by atoms with Crippen molar-refractivity contribution in [3.05, 3.63) is 39.0 Å². The van der Waals surface area contributed by atoms with Crippen LogP contribution in [0, 0.1) is 0 Å². The number of aromatic amines is 1.